The molecule has 0 spiro atoms. The number of carbonyl (C=O) groups excluding carboxylic acids is 1. The minimum atomic E-state index is 0.434. The molecular formula is C17H22ClN3O. The average molecular weight is 320 g/mol. The monoisotopic (exact) mass is 319 g/mol. The van der Waals surface area contributed by atoms with Crippen LogP contribution in [0.1, 0.15) is 32.3 Å². The Balaban J connectivity index is 1.91. The molecular weight excluding hydrogens is 298 g/mol. The van der Waals surface area contributed by atoms with Crippen molar-refractivity contribution in [2.75, 3.05) is 13.1 Å². The van der Waals surface area contributed by atoms with Crippen molar-refractivity contribution in [3.8, 4) is 0 Å². The zero-order valence-electron chi connectivity index (χ0n) is 13.1. The Hall–Kier alpha value is -1.68. The summed E-state index contributed by atoms with van der Waals surface area (Å²) < 4.78 is 0. The molecule has 0 saturated carbocycles. The van der Waals surface area contributed by atoms with Crippen LogP contribution < -0.4 is 0 Å². The quantitative estimate of drug-likeness (QED) is 0.465. The molecule has 5 heteroatoms. The number of rotatable bonds is 5. The van der Waals surface area contributed by atoms with Gasteiger partial charge in [-0.3, -0.25) is 4.79 Å². The molecule has 22 heavy (non-hydrogen) atoms. The Kier molecular flexibility index (Phi) is 6.13. The molecule has 0 aromatic heterocycles. The minimum absolute atomic E-state index is 0.434. The van der Waals surface area contributed by atoms with Gasteiger partial charge in [-0.05, 0) is 44.4 Å². The number of benzene rings is 1. The second-order valence-electron chi connectivity index (χ2n) is 5.80. The zero-order chi connectivity index (χ0) is 15.9. The van der Waals surface area contributed by atoms with Crippen LogP contribution in [-0.2, 0) is 11.2 Å². The molecule has 1 aliphatic rings. The number of carbonyl (C=O) groups is 1. The summed E-state index contributed by atoms with van der Waals surface area (Å²) >= 11 is 5.88. The predicted molar refractivity (Wildman–Crippen MR) is 91.7 cm³/mol. The molecule has 1 saturated heterocycles. The Labute approximate surface area is 136 Å². The first-order valence-electron chi connectivity index (χ1n) is 7.60. The molecule has 1 fully saturated rings. The number of hydrogen-bond donors (Lipinski definition) is 0. The molecule has 1 amide bonds. The lowest BCUT2D eigenvalue weighted by Crippen LogP contribution is -2.34. The van der Waals surface area contributed by atoms with Crippen LogP contribution in [0.3, 0.4) is 0 Å². The summed E-state index contributed by atoms with van der Waals surface area (Å²) in [6.07, 6.45) is 3.65. The number of nitrogens with zero attached hydrogens (tertiary/aromatic N) is 3. The normalized spacial score (nSPS) is 17.7. The molecule has 0 atom stereocenters. The standard InChI is InChI=1S/C17H22ClN3O/c1-13(11-15-3-5-17(18)6-4-15)19-20-14(2)16-7-9-21(12-22)10-8-16/h3-6,12,16H,7-11H2,1-2H3/b19-13-,20-14+. The van der Waals surface area contributed by atoms with Crippen LogP contribution in [0.2, 0.25) is 5.02 Å². The van der Waals surface area contributed by atoms with Gasteiger partial charge in [0.05, 0.1) is 0 Å². The van der Waals surface area contributed by atoms with Crippen molar-refractivity contribution in [3.63, 3.8) is 0 Å². The summed E-state index contributed by atoms with van der Waals surface area (Å²) in [5.41, 5.74) is 3.21. The Morgan fingerprint density at radius 3 is 2.45 bits per heavy atom. The second kappa shape index (κ2) is 8.08. The molecule has 1 aliphatic heterocycles. The summed E-state index contributed by atoms with van der Waals surface area (Å²) in [5.74, 6) is 0.434. The molecule has 0 unspecified atom stereocenters. The maximum absolute atomic E-state index is 10.7. The van der Waals surface area contributed by atoms with E-state index in [0.29, 0.717) is 5.92 Å². The van der Waals surface area contributed by atoms with Crippen LogP contribution in [0, 0.1) is 5.92 Å². The molecule has 0 radical (unpaired) electrons. The van der Waals surface area contributed by atoms with Gasteiger partial charge in [0, 0.05) is 41.9 Å². The van der Waals surface area contributed by atoms with E-state index >= 15 is 0 Å². The van der Waals surface area contributed by atoms with E-state index in [9.17, 15) is 4.79 Å². The lowest BCUT2D eigenvalue weighted by Gasteiger charge is -2.28. The van der Waals surface area contributed by atoms with Crippen molar-refractivity contribution < 1.29 is 4.79 Å². The highest BCUT2D eigenvalue weighted by atomic mass is 35.5. The van der Waals surface area contributed by atoms with Gasteiger partial charge in [0.2, 0.25) is 6.41 Å². The SMILES string of the molecule is C/C(Cc1ccc(Cl)cc1)=N/N=C(\C)C1CCN(C=O)CC1. The van der Waals surface area contributed by atoms with Crippen LogP contribution in [0.15, 0.2) is 34.5 Å². The molecule has 4 nitrogen and oxygen atoms in total. The average Bonchev–Trinajstić information content (AvgIpc) is 2.55. The summed E-state index contributed by atoms with van der Waals surface area (Å²) in [6, 6.07) is 7.79. The van der Waals surface area contributed by atoms with Crippen LogP contribution in [-0.4, -0.2) is 35.8 Å². The number of hydrogen-bond acceptors (Lipinski definition) is 3. The van der Waals surface area contributed by atoms with Gasteiger partial charge in [0.15, 0.2) is 0 Å². The van der Waals surface area contributed by atoms with Crippen molar-refractivity contribution >= 4 is 29.4 Å². The Bertz CT molecular complexity index is 558. The van der Waals surface area contributed by atoms with E-state index < -0.39 is 0 Å². The lowest BCUT2D eigenvalue weighted by molar-refractivity contribution is -0.119. The third kappa shape index (κ3) is 4.95. The molecule has 118 valence electrons. The van der Waals surface area contributed by atoms with Gasteiger partial charge < -0.3 is 4.90 Å². The van der Waals surface area contributed by atoms with Crippen LogP contribution in [0.25, 0.3) is 0 Å². The first-order valence-corrected chi connectivity index (χ1v) is 7.97. The zero-order valence-corrected chi connectivity index (χ0v) is 13.9. The molecule has 0 N–H and O–H groups in total. The molecule has 1 aromatic carbocycles. The number of amides is 1. The van der Waals surface area contributed by atoms with Crippen molar-refractivity contribution in [2.45, 2.75) is 33.1 Å². The maximum Gasteiger partial charge on any atom is 0.209 e. The second-order valence-corrected chi connectivity index (χ2v) is 6.23. The van der Waals surface area contributed by atoms with Gasteiger partial charge in [-0.25, -0.2) is 0 Å². The topological polar surface area (TPSA) is 45.0 Å². The smallest absolute Gasteiger partial charge is 0.209 e. The molecule has 1 aromatic rings. The summed E-state index contributed by atoms with van der Waals surface area (Å²) in [4.78, 5) is 12.5. The van der Waals surface area contributed by atoms with Crippen molar-refractivity contribution in [3.05, 3.63) is 34.9 Å². The highest BCUT2D eigenvalue weighted by Gasteiger charge is 2.20. The highest BCUT2D eigenvalue weighted by Crippen LogP contribution is 2.18. The summed E-state index contributed by atoms with van der Waals surface area (Å²) in [7, 11) is 0. The van der Waals surface area contributed by atoms with Crippen molar-refractivity contribution in [1.29, 1.82) is 0 Å². The van der Waals surface area contributed by atoms with E-state index in [2.05, 4.69) is 10.2 Å². The number of likely N-dealkylation sites (tertiary alicyclic amines) is 1. The van der Waals surface area contributed by atoms with E-state index in [1.54, 1.807) is 0 Å². The number of piperidine rings is 1. The van der Waals surface area contributed by atoms with Crippen LogP contribution >= 0.6 is 11.6 Å². The highest BCUT2D eigenvalue weighted by molar-refractivity contribution is 6.30. The lowest BCUT2D eigenvalue weighted by atomic mass is 9.93. The van der Waals surface area contributed by atoms with E-state index in [0.717, 1.165) is 55.2 Å². The molecule has 0 bridgehead atoms. The van der Waals surface area contributed by atoms with Gasteiger partial charge in [0.1, 0.15) is 0 Å². The van der Waals surface area contributed by atoms with Crippen molar-refractivity contribution in [1.82, 2.24) is 4.90 Å². The molecule has 0 aliphatic carbocycles. The van der Waals surface area contributed by atoms with E-state index in [1.165, 1.54) is 5.56 Å². The van der Waals surface area contributed by atoms with E-state index in [-0.39, 0.29) is 0 Å². The Morgan fingerprint density at radius 2 is 1.86 bits per heavy atom. The minimum Gasteiger partial charge on any atom is -0.345 e. The third-order valence-electron chi connectivity index (χ3n) is 4.02. The van der Waals surface area contributed by atoms with Gasteiger partial charge in [-0.2, -0.15) is 10.2 Å². The summed E-state index contributed by atoms with van der Waals surface area (Å²) in [6.45, 7) is 5.64. The first kappa shape index (κ1) is 16.7. The third-order valence-corrected chi connectivity index (χ3v) is 4.27. The maximum atomic E-state index is 10.7. The van der Waals surface area contributed by atoms with Crippen LogP contribution in [0.4, 0.5) is 0 Å². The Morgan fingerprint density at radius 1 is 1.23 bits per heavy atom. The van der Waals surface area contributed by atoms with Gasteiger partial charge in [0.25, 0.3) is 0 Å². The predicted octanol–water partition coefficient (Wildman–Crippen LogP) is 3.59. The van der Waals surface area contributed by atoms with E-state index in [1.807, 2.05) is 43.0 Å². The van der Waals surface area contributed by atoms with Crippen LogP contribution in [0.5, 0.6) is 0 Å². The van der Waals surface area contributed by atoms with Gasteiger partial charge >= 0.3 is 0 Å². The molecule has 1 heterocycles. The largest absolute Gasteiger partial charge is 0.345 e. The fourth-order valence-corrected chi connectivity index (χ4v) is 2.73. The van der Waals surface area contributed by atoms with Crippen molar-refractivity contribution in [2.24, 2.45) is 16.1 Å². The molecule has 2 rings (SSSR count). The van der Waals surface area contributed by atoms with Gasteiger partial charge in [-0.1, -0.05) is 23.7 Å². The number of halogens is 1. The summed E-state index contributed by atoms with van der Waals surface area (Å²) in [5, 5.41) is 9.47. The van der Waals surface area contributed by atoms with E-state index in [4.69, 9.17) is 11.6 Å². The first-order chi connectivity index (χ1) is 10.6. The fraction of sp³-hybridized carbons (Fsp3) is 0.471. The van der Waals surface area contributed by atoms with Gasteiger partial charge in [-0.15, -0.1) is 0 Å². The fourth-order valence-electron chi connectivity index (χ4n) is 2.60.